The largest absolute Gasteiger partial charge is 0.347 e. The minimum atomic E-state index is -0.0890. The SMILES string of the molecule is CCc1cccc2c(C(=O)CC#N)c(C)n(C)c12. The number of aryl methyl sites for hydroxylation is 2. The molecule has 3 nitrogen and oxygen atoms in total. The Hall–Kier alpha value is -2.08. The predicted molar refractivity (Wildman–Crippen MR) is 71.6 cm³/mol. The maximum atomic E-state index is 12.1. The summed E-state index contributed by atoms with van der Waals surface area (Å²) in [5, 5.41) is 9.66. The van der Waals surface area contributed by atoms with Crippen LogP contribution in [-0.2, 0) is 13.5 Å². The number of hydrogen-bond acceptors (Lipinski definition) is 2. The molecule has 1 heterocycles. The Kier molecular flexibility index (Phi) is 3.20. The summed E-state index contributed by atoms with van der Waals surface area (Å²) in [6.45, 7) is 4.04. The van der Waals surface area contributed by atoms with Gasteiger partial charge in [0.25, 0.3) is 0 Å². The van der Waals surface area contributed by atoms with Gasteiger partial charge in [-0.15, -0.1) is 0 Å². The molecule has 0 atom stereocenters. The van der Waals surface area contributed by atoms with Gasteiger partial charge in [-0.25, -0.2) is 0 Å². The summed E-state index contributed by atoms with van der Waals surface area (Å²) in [7, 11) is 1.97. The van der Waals surface area contributed by atoms with Gasteiger partial charge in [0.1, 0.15) is 0 Å². The summed E-state index contributed by atoms with van der Waals surface area (Å²) in [4.78, 5) is 12.1. The number of carbonyl (C=O) groups excluding carboxylic acids is 1. The number of fused-ring (bicyclic) bond motifs is 1. The van der Waals surface area contributed by atoms with Crippen LogP contribution in [0.3, 0.4) is 0 Å². The lowest BCUT2D eigenvalue weighted by Gasteiger charge is -2.03. The van der Waals surface area contributed by atoms with Crippen LogP contribution in [0.1, 0.15) is 35.0 Å². The zero-order chi connectivity index (χ0) is 13.3. The molecule has 0 amide bonds. The second-order valence-corrected chi connectivity index (χ2v) is 4.44. The van der Waals surface area contributed by atoms with Crippen LogP contribution in [-0.4, -0.2) is 10.4 Å². The van der Waals surface area contributed by atoms with Gasteiger partial charge in [0, 0.05) is 23.7 Å². The highest BCUT2D eigenvalue weighted by atomic mass is 16.1. The number of Topliss-reactive ketones (excluding diaryl/α,β-unsaturated/α-hetero) is 1. The number of rotatable bonds is 3. The second-order valence-electron chi connectivity index (χ2n) is 4.44. The predicted octanol–water partition coefficient (Wildman–Crippen LogP) is 3.15. The van der Waals surface area contributed by atoms with E-state index in [1.54, 1.807) is 0 Å². The van der Waals surface area contributed by atoms with Crippen molar-refractivity contribution >= 4 is 16.7 Å². The summed E-state index contributed by atoms with van der Waals surface area (Å²) < 4.78 is 2.05. The van der Waals surface area contributed by atoms with Crippen LogP contribution in [0, 0.1) is 18.3 Å². The molecule has 0 saturated carbocycles. The van der Waals surface area contributed by atoms with E-state index >= 15 is 0 Å². The first-order chi connectivity index (χ1) is 8.61. The van der Waals surface area contributed by atoms with E-state index in [9.17, 15) is 4.79 Å². The van der Waals surface area contributed by atoms with Gasteiger partial charge in [0.05, 0.1) is 18.0 Å². The Morgan fingerprint density at radius 1 is 1.44 bits per heavy atom. The molecule has 0 bridgehead atoms. The third-order valence-corrected chi connectivity index (χ3v) is 3.49. The molecule has 18 heavy (non-hydrogen) atoms. The molecular weight excluding hydrogens is 224 g/mol. The third-order valence-electron chi connectivity index (χ3n) is 3.49. The highest BCUT2D eigenvalue weighted by Gasteiger charge is 2.19. The highest BCUT2D eigenvalue weighted by Crippen LogP contribution is 2.28. The number of carbonyl (C=O) groups is 1. The van der Waals surface area contributed by atoms with Gasteiger partial charge in [-0.1, -0.05) is 25.1 Å². The number of aromatic nitrogens is 1. The standard InChI is InChI=1S/C15H16N2O/c1-4-11-6-5-7-12-14(13(18)8-9-16)10(2)17(3)15(11)12/h5-7H,4,8H2,1-3H3. The Morgan fingerprint density at radius 2 is 2.17 bits per heavy atom. The van der Waals surface area contributed by atoms with Crippen molar-refractivity contribution in [3.8, 4) is 6.07 Å². The highest BCUT2D eigenvalue weighted by molar-refractivity contribution is 6.10. The van der Waals surface area contributed by atoms with Crippen LogP contribution in [0.2, 0.25) is 0 Å². The summed E-state index contributed by atoms with van der Waals surface area (Å²) >= 11 is 0. The number of para-hydroxylation sites is 1. The van der Waals surface area contributed by atoms with Crippen LogP contribution >= 0.6 is 0 Å². The molecule has 2 aromatic rings. The van der Waals surface area contributed by atoms with E-state index in [0.717, 1.165) is 23.0 Å². The van der Waals surface area contributed by atoms with Gasteiger partial charge in [-0.2, -0.15) is 5.26 Å². The van der Waals surface area contributed by atoms with E-state index < -0.39 is 0 Å². The second kappa shape index (κ2) is 4.66. The zero-order valence-electron chi connectivity index (χ0n) is 10.9. The fraction of sp³-hybridized carbons (Fsp3) is 0.333. The van der Waals surface area contributed by atoms with Crippen molar-refractivity contribution in [1.82, 2.24) is 4.57 Å². The molecule has 3 heteroatoms. The maximum absolute atomic E-state index is 12.1. The van der Waals surface area contributed by atoms with Crippen molar-refractivity contribution in [1.29, 1.82) is 5.26 Å². The van der Waals surface area contributed by atoms with E-state index in [1.165, 1.54) is 5.56 Å². The zero-order valence-corrected chi connectivity index (χ0v) is 10.9. The molecule has 1 aromatic heterocycles. The van der Waals surface area contributed by atoms with Crippen LogP contribution in [0.4, 0.5) is 0 Å². The molecule has 0 aliphatic heterocycles. The minimum absolute atomic E-state index is 0.0592. The first-order valence-electron chi connectivity index (χ1n) is 6.08. The van der Waals surface area contributed by atoms with Gasteiger partial charge < -0.3 is 4.57 Å². The van der Waals surface area contributed by atoms with Crippen LogP contribution in [0.15, 0.2) is 18.2 Å². The Balaban J connectivity index is 2.80. The first kappa shape index (κ1) is 12.4. The molecule has 0 aliphatic rings. The quantitative estimate of drug-likeness (QED) is 0.774. The molecule has 0 spiro atoms. The fourth-order valence-electron chi connectivity index (χ4n) is 2.52. The summed E-state index contributed by atoms with van der Waals surface area (Å²) in [6.07, 6.45) is 0.872. The number of nitrogens with zero attached hydrogens (tertiary/aromatic N) is 2. The van der Waals surface area contributed by atoms with E-state index in [-0.39, 0.29) is 12.2 Å². The normalized spacial score (nSPS) is 10.6. The molecule has 1 aromatic carbocycles. The summed E-state index contributed by atoms with van der Waals surface area (Å²) in [5.74, 6) is -0.0890. The van der Waals surface area contributed by atoms with E-state index in [0.29, 0.717) is 5.56 Å². The number of benzene rings is 1. The van der Waals surface area contributed by atoms with Crippen LogP contribution in [0.5, 0.6) is 0 Å². The van der Waals surface area contributed by atoms with E-state index in [1.807, 2.05) is 32.2 Å². The van der Waals surface area contributed by atoms with Crippen molar-refractivity contribution in [2.75, 3.05) is 0 Å². The minimum Gasteiger partial charge on any atom is -0.347 e. The van der Waals surface area contributed by atoms with Gasteiger partial charge in [-0.3, -0.25) is 4.79 Å². The molecule has 0 aliphatic carbocycles. The average Bonchev–Trinajstić information content (AvgIpc) is 2.62. The monoisotopic (exact) mass is 240 g/mol. The molecule has 0 radical (unpaired) electrons. The summed E-state index contributed by atoms with van der Waals surface area (Å²) in [6, 6.07) is 7.96. The van der Waals surface area contributed by atoms with Crippen LogP contribution in [0.25, 0.3) is 10.9 Å². The van der Waals surface area contributed by atoms with E-state index in [4.69, 9.17) is 5.26 Å². The summed E-state index contributed by atoms with van der Waals surface area (Å²) in [5.41, 5.74) is 3.98. The maximum Gasteiger partial charge on any atom is 0.179 e. The number of ketones is 1. The Morgan fingerprint density at radius 3 is 2.78 bits per heavy atom. The van der Waals surface area contributed by atoms with Crippen molar-refractivity contribution in [3.05, 3.63) is 35.0 Å². The van der Waals surface area contributed by atoms with Gasteiger partial charge in [-0.05, 0) is 18.9 Å². The molecule has 2 rings (SSSR count). The molecule has 0 N–H and O–H groups in total. The van der Waals surface area contributed by atoms with E-state index in [2.05, 4.69) is 17.6 Å². The van der Waals surface area contributed by atoms with Crippen molar-refractivity contribution in [2.24, 2.45) is 7.05 Å². The molecule has 0 unspecified atom stereocenters. The lowest BCUT2D eigenvalue weighted by molar-refractivity contribution is 0.0998. The first-order valence-corrected chi connectivity index (χ1v) is 6.08. The molecular formula is C15H16N2O. The fourth-order valence-corrected chi connectivity index (χ4v) is 2.52. The smallest absolute Gasteiger partial charge is 0.179 e. The average molecular weight is 240 g/mol. The van der Waals surface area contributed by atoms with Crippen LogP contribution < -0.4 is 0 Å². The number of hydrogen-bond donors (Lipinski definition) is 0. The molecule has 0 fully saturated rings. The molecule has 0 saturated heterocycles. The topological polar surface area (TPSA) is 45.8 Å². The lowest BCUT2D eigenvalue weighted by atomic mass is 10.0. The number of nitriles is 1. The Bertz CT molecular complexity index is 659. The Labute approximate surface area is 107 Å². The molecule has 92 valence electrons. The van der Waals surface area contributed by atoms with Gasteiger partial charge in [0.15, 0.2) is 5.78 Å². The van der Waals surface area contributed by atoms with Gasteiger partial charge in [0.2, 0.25) is 0 Å². The van der Waals surface area contributed by atoms with Crippen molar-refractivity contribution in [3.63, 3.8) is 0 Å². The van der Waals surface area contributed by atoms with Gasteiger partial charge >= 0.3 is 0 Å². The van der Waals surface area contributed by atoms with Crippen molar-refractivity contribution < 1.29 is 4.79 Å². The lowest BCUT2D eigenvalue weighted by Crippen LogP contribution is -2.00. The third kappa shape index (κ3) is 1.70. The van der Waals surface area contributed by atoms with Crippen molar-refractivity contribution in [2.45, 2.75) is 26.7 Å².